The molecule has 0 aliphatic heterocycles. The summed E-state index contributed by atoms with van der Waals surface area (Å²) >= 11 is 0. The lowest BCUT2D eigenvalue weighted by atomic mass is 10.2. The largest absolute Gasteiger partial charge is 0.383 e. The van der Waals surface area contributed by atoms with E-state index < -0.39 is 11.2 Å². The number of nitrogen functional groups attached to an aromatic ring is 1. The van der Waals surface area contributed by atoms with Crippen LogP contribution in [0, 0.1) is 0 Å². The third-order valence-corrected chi connectivity index (χ3v) is 4.39. The van der Waals surface area contributed by atoms with Crippen molar-refractivity contribution in [3.05, 3.63) is 105 Å². The summed E-state index contributed by atoms with van der Waals surface area (Å²) in [6.45, 7) is 7.06. The molecule has 0 spiro atoms. The number of H-pyrrole nitrogens is 1. The van der Waals surface area contributed by atoms with E-state index in [-0.39, 0.29) is 18.1 Å². The van der Waals surface area contributed by atoms with Crippen LogP contribution in [0.15, 0.2) is 82.4 Å². The minimum absolute atomic E-state index is 0.148. The normalized spacial score (nSPS) is 10.6. The number of rotatable bonds is 7. The number of hydrogen-bond donors (Lipinski definition) is 2. The fourth-order valence-corrected chi connectivity index (χ4v) is 3.15. The molecule has 6 nitrogen and oxygen atoms in total. The first-order valence-electron chi connectivity index (χ1n) is 9.05. The highest BCUT2D eigenvalue weighted by atomic mass is 16.2. The van der Waals surface area contributed by atoms with E-state index >= 15 is 0 Å². The summed E-state index contributed by atoms with van der Waals surface area (Å²) in [7, 11) is 0. The van der Waals surface area contributed by atoms with Crippen molar-refractivity contribution in [2.24, 2.45) is 0 Å². The van der Waals surface area contributed by atoms with Gasteiger partial charge in [-0.2, -0.15) is 0 Å². The molecule has 0 aliphatic carbocycles. The van der Waals surface area contributed by atoms with E-state index in [2.05, 4.69) is 11.6 Å². The highest BCUT2D eigenvalue weighted by molar-refractivity contribution is 5.63. The molecule has 28 heavy (non-hydrogen) atoms. The minimum atomic E-state index is -0.523. The van der Waals surface area contributed by atoms with E-state index in [1.54, 1.807) is 0 Å². The molecule has 0 saturated heterocycles. The van der Waals surface area contributed by atoms with Crippen molar-refractivity contribution in [2.75, 3.05) is 17.2 Å². The van der Waals surface area contributed by atoms with E-state index in [9.17, 15) is 9.59 Å². The minimum Gasteiger partial charge on any atom is -0.383 e. The van der Waals surface area contributed by atoms with E-state index in [1.165, 1.54) is 4.57 Å². The number of nitrogens with two attached hydrogens (primary N) is 1. The fraction of sp³-hybridized carbons (Fsp3) is 0.182. The van der Waals surface area contributed by atoms with Gasteiger partial charge >= 0.3 is 5.69 Å². The molecule has 1 aromatic heterocycles. The number of aromatic nitrogens is 2. The quantitative estimate of drug-likeness (QED) is 0.621. The van der Waals surface area contributed by atoms with Crippen molar-refractivity contribution in [1.29, 1.82) is 0 Å². The summed E-state index contributed by atoms with van der Waals surface area (Å²) in [5.74, 6) is 0.148. The molecule has 3 aromatic rings. The van der Waals surface area contributed by atoms with Crippen LogP contribution in [-0.4, -0.2) is 16.1 Å². The van der Waals surface area contributed by atoms with Gasteiger partial charge in [-0.25, -0.2) is 4.79 Å². The lowest BCUT2D eigenvalue weighted by molar-refractivity contribution is 0.720. The van der Waals surface area contributed by atoms with Gasteiger partial charge in [-0.05, 0) is 18.1 Å². The number of nitrogens with one attached hydrogen (secondary N) is 1. The molecule has 3 N–H and O–H groups in total. The van der Waals surface area contributed by atoms with Crippen LogP contribution in [0.25, 0.3) is 0 Å². The molecule has 0 unspecified atom stereocenters. The molecule has 0 saturated carbocycles. The molecule has 0 fully saturated rings. The Kier molecular flexibility index (Phi) is 5.79. The van der Waals surface area contributed by atoms with Gasteiger partial charge in [0.25, 0.3) is 5.56 Å². The first-order chi connectivity index (χ1) is 13.5. The predicted octanol–water partition coefficient (Wildman–Crippen LogP) is 2.75. The van der Waals surface area contributed by atoms with Crippen LogP contribution in [0.3, 0.4) is 0 Å². The molecular weight excluding hydrogens is 352 g/mol. The van der Waals surface area contributed by atoms with Gasteiger partial charge in [0.2, 0.25) is 0 Å². The van der Waals surface area contributed by atoms with E-state index in [1.807, 2.05) is 72.5 Å². The predicted molar refractivity (Wildman–Crippen MR) is 114 cm³/mol. The second-order valence-corrected chi connectivity index (χ2v) is 6.86. The van der Waals surface area contributed by atoms with Crippen LogP contribution in [0.4, 0.5) is 11.5 Å². The number of hydrogen-bond acceptors (Lipinski definition) is 4. The summed E-state index contributed by atoms with van der Waals surface area (Å²) in [4.78, 5) is 29.3. The van der Waals surface area contributed by atoms with Gasteiger partial charge in [-0.15, -0.1) is 0 Å². The zero-order valence-electron chi connectivity index (χ0n) is 15.9. The Bertz CT molecular complexity index is 1070. The third kappa shape index (κ3) is 4.40. The second kappa shape index (κ2) is 8.43. The summed E-state index contributed by atoms with van der Waals surface area (Å²) in [6.07, 6.45) is 0. The van der Waals surface area contributed by atoms with E-state index in [4.69, 9.17) is 5.73 Å². The zero-order chi connectivity index (χ0) is 20.1. The van der Waals surface area contributed by atoms with Gasteiger partial charge in [0.15, 0.2) is 0 Å². The first-order valence-corrected chi connectivity index (χ1v) is 9.05. The average Bonchev–Trinajstić information content (AvgIpc) is 2.66. The number of nitrogens with zero attached hydrogens (tertiary/aromatic N) is 2. The molecule has 6 heteroatoms. The number of anilines is 2. The molecular formula is C22H24N4O2. The Morgan fingerprint density at radius 1 is 1.04 bits per heavy atom. The maximum Gasteiger partial charge on any atom is 0.330 e. The SMILES string of the molecule is C=C(C)CN(Cc1ccccc1)c1c(N)n(Cc2ccccc2)c(=O)[nH]c1=O. The molecule has 0 bridgehead atoms. The van der Waals surface area contributed by atoms with Gasteiger partial charge in [0.05, 0.1) is 6.54 Å². The molecule has 0 amide bonds. The Labute approximate surface area is 163 Å². The molecule has 0 aliphatic rings. The lowest BCUT2D eigenvalue weighted by Crippen LogP contribution is -2.39. The van der Waals surface area contributed by atoms with Crippen LogP contribution in [0.2, 0.25) is 0 Å². The van der Waals surface area contributed by atoms with Crippen LogP contribution < -0.4 is 21.9 Å². The van der Waals surface area contributed by atoms with Gasteiger partial charge in [0.1, 0.15) is 11.5 Å². The van der Waals surface area contributed by atoms with Crippen molar-refractivity contribution in [1.82, 2.24) is 9.55 Å². The molecule has 2 aromatic carbocycles. The van der Waals surface area contributed by atoms with Gasteiger partial charge < -0.3 is 10.6 Å². The van der Waals surface area contributed by atoms with E-state index in [0.29, 0.717) is 13.1 Å². The summed E-state index contributed by atoms with van der Waals surface area (Å²) in [5.41, 5.74) is 8.43. The lowest BCUT2D eigenvalue weighted by Gasteiger charge is -2.26. The smallest absolute Gasteiger partial charge is 0.330 e. The molecule has 0 atom stereocenters. The summed E-state index contributed by atoms with van der Waals surface area (Å²) in [5, 5.41) is 0. The standard InChI is InChI=1S/C22H24N4O2/c1-16(2)13-25(14-17-9-5-3-6-10-17)19-20(23)26(22(28)24-21(19)27)15-18-11-7-4-8-12-18/h3-12H,1,13-15,23H2,2H3,(H,24,27,28). The van der Waals surface area contributed by atoms with Crippen molar-refractivity contribution in [3.63, 3.8) is 0 Å². The zero-order valence-corrected chi connectivity index (χ0v) is 15.9. The summed E-state index contributed by atoms with van der Waals surface area (Å²) in [6, 6.07) is 19.3. The van der Waals surface area contributed by atoms with Gasteiger partial charge in [-0.1, -0.05) is 72.8 Å². The molecule has 3 rings (SSSR count). The molecule has 0 radical (unpaired) electrons. The van der Waals surface area contributed by atoms with Crippen LogP contribution in [-0.2, 0) is 13.1 Å². The molecule has 144 valence electrons. The average molecular weight is 376 g/mol. The summed E-state index contributed by atoms with van der Waals surface area (Å²) < 4.78 is 1.39. The fourth-order valence-electron chi connectivity index (χ4n) is 3.15. The van der Waals surface area contributed by atoms with Crippen molar-refractivity contribution < 1.29 is 0 Å². The van der Waals surface area contributed by atoms with Gasteiger partial charge in [0, 0.05) is 13.1 Å². The third-order valence-electron chi connectivity index (χ3n) is 4.39. The Morgan fingerprint density at radius 2 is 1.61 bits per heavy atom. The van der Waals surface area contributed by atoms with Crippen LogP contribution in [0.1, 0.15) is 18.1 Å². The first kappa shape index (κ1) is 19.2. The van der Waals surface area contributed by atoms with Crippen LogP contribution in [0.5, 0.6) is 0 Å². The Balaban J connectivity index is 2.06. The van der Waals surface area contributed by atoms with Crippen molar-refractivity contribution >= 4 is 11.5 Å². The van der Waals surface area contributed by atoms with E-state index in [0.717, 1.165) is 16.7 Å². The monoisotopic (exact) mass is 376 g/mol. The Morgan fingerprint density at radius 3 is 2.18 bits per heavy atom. The highest BCUT2D eigenvalue weighted by Crippen LogP contribution is 2.21. The second-order valence-electron chi connectivity index (χ2n) is 6.86. The highest BCUT2D eigenvalue weighted by Gasteiger charge is 2.19. The topological polar surface area (TPSA) is 84.1 Å². The molecule has 1 heterocycles. The van der Waals surface area contributed by atoms with Crippen molar-refractivity contribution in [2.45, 2.75) is 20.0 Å². The van der Waals surface area contributed by atoms with Crippen LogP contribution >= 0.6 is 0 Å². The maximum absolute atomic E-state index is 12.7. The maximum atomic E-state index is 12.7. The van der Waals surface area contributed by atoms with Gasteiger partial charge in [-0.3, -0.25) is 14.3 Å². The number of aromatic amines is 1. The van der Waals surface area contributed by atoms with Crippen molar-refractivity contribution in [3.8, 4) is 0 Å². The Hall–Kier alpha value is -3.54. The number of benzene rings is 2.